The highest BCUT2D eigenvalue weighted by atomic mass is 32.1. The minimum atomic E-state index is -4.32. The first-order valence-corrected chi connectivity index (χ1v) is 5.84. The molecule has 0 fully saturated rings. The maximum Gasteiger partial charge on any atom is 0.411 e. The average Bonchev–Trinajstić information content (AvgIpc) is 2.69. The quantitative estimate of drug-likeness (QED) is 0.875. The van der Waals surface area contributed by atoms with E-state index in [2.05, 4.69) is 0 Å². The van der Waals surface area contributed by atoms with Crippen LogP contribution in [-0.2, 0) is 4.74 Å². The molecule has 0 amide bonds. The van der Waals surface area contributed by atoms with Crippen LogP contribution in [0, 0.1) is 0 Å². The molecule has 0 aromatic carbocycles. The molecule has 0 aliphatic carbocycles. The third kappa shape index (κ3) is 4.11. The lowest BCUT2D eigenvalue weighted by atomic mass is 10.0. The molecule has 1 aromatic heterocycles. The summed E-state index contributed by atoms with van der Waals surface area (Å²) in [4.78, 5) is 0. The standard InChI is InChI=1S/C10H14F3NOS/c1-2-8(14)9(7-3-4-16-5-7)15-6-10(11,12)13/h3-5,8-9H,2,6,14H2,1H3. The topological polar surface area (TPSA) is 35.2 Å². The molecule has 2 unspecified atom stereocenters. The highest BCUT2D eigenvalue weighted by Crippen LogP contribution is 2.27. The molecule has 1 heterocycles. The van der Waals surface area contributed by atoms with E-state index in [1.165, 1.54) is 11.3 Å². The minimum Gasteiger partial charge on any atom is -0.362 e. The van der Waals surface area contributed by atoms with Gasteiger partial charge in [-0.25, -0.2) is 0 Å². The third-order valence-corrected chi connectivity index (χ3v) is 2.86. The van der Waals surface area contributed by atoms with Crippen LogP contribution in [0.4, 0.5) is 13.2 Å². The van der Waals surface area contributed by atoms with Crippen molar-refractivity contribution in [1.29, 1.82) is 0 Å². The Kier molecular flexibility index (Phi) is 4.76. The van der Waals surface area contributed by atoms with Crippen LogP contribution in [0.25, 0.3) is 0 Å². The van der Waals surface area contributed by atoms with Gasteiger partial charge >= 0.3 is 6.18 Å². The molecular formula is C10H14F3NOS. The number of ether oxygens (including phenoxy) is 1. The molecule has 0 saturated heterocycles. The number of hydrogen-bond donors (Lipinski definition) is 1. The summed E-state index contributed by atoms with van der Waals surface area (Å²) >= 11 is 1.41. The first kappa shape index (κ1) is 13.5. The van der Waals surface area contributed by atoms with Gasteiger partial charge in [-0.3, -0.25) is 0 Å². The molecule has 0 bridgehead atoms. The lowest BCUT2D eigenvalue weighted by molar-refractivity contribution is -0.188. The maximum absolute atomic E-state index is 12.1. The fraction of sp³-hybridized carbons (Fsp3) is 0.600. The Morgan fingerprint density at radius 2 is 2.19 bits per heavy atom. The van der Waals surface area contributed by atoms with Crippen molar-refractivity contribution in [2.24, 2.45) is 5.73 Å². The lowest BCUT2D eigenvalue weighted by Gasteiger charge is -2.23. The Balaban J connectivity index is 2.66. The summed E-state index contributed by atoms with van der Waals surface area (Å²) in [5.41, 5.74) is 6.46. The van der Waals surface area contributed by atoms with Crippen LogP contribution in [0.3, 0.4) is 0 Å². The zero-order valence-electron chi connectivity index (χ0n) is 8.83. The summed E-state index contributed by atoms with van der Waals surface area (Å²) in [6.07, 6.45) is -4.43. The van der Waals surface area contributed by atoms with Gasteiger partial charge in [-0.05, 0) is 28.8 Å². The van der Waals surface area contributed by atoms with Crippen molar-refractivity contribution in [2.45, 2.75) is 31.7 Å². The number of hydrogen-bond acceptors (Lipinski definition) is 3. The van der Waals surface area contributed by atoms with Gasteiger partial charge < -0.3 is 10.5 Å². The molecule has 16 heavy (non-hydrogen) atoms. The Morgan fingerprint density at radius 3 is 2.62 bits per heavy atom. The number of alkyl halides is 3. The minimum absolute atomic E-state index is 0.419. The molecule has 92 valence electrons. The molecule has 0 aliphatic rings. The van der Waals surface area contributed by atoms with E-state index in [0.717, 1.165) is 0 Å². The summed E-state index contributed by atoms with van der Waals surface area (Å²) in [5.74, 6) is 0. The van der Waals surface area contributed by atoms with Gasteiger partial charge in [0.05, 0.1) is 6.10 Å². The number of rotatable bonds is 5. The Morgan fingerprint density at radius 1 is 1.50 bits per heavy atom. The molecule has 2 N–H and O–H groups in total. The molecule has 2 atom stereocenters. The largest absolute Gasteiger partial charge is 0.411 e. The van der Waals surface area contributed by atoms with Gasteiger partial charge in [0, 0.05) is 6.04 Å². The molecule has 0 aliphatic heterocycles. The van der Waals surface area contributed by atoms with Crippen molar-refractivity contribution < 1.29 is 17.9 Å². The molecular weight excluding hydrogens is 239 g/mol. The summed E-state index contributed by atoms with van der Waals surface area (Å²) in [6, 6.07) is 1.32. The molecule has 0 spiro atoms. The fourth-order valence-electron chi connectivity index (χ4n) is 1.30. The summed E-state index contributed by atoms with van der Waals surface area (Å²) in [7, 11) is 0. The van der Waals surface area contributed by atoms with Crippen LogP contribution < -0.4 is 5.73 Å². The molecule has 1 rings (SSSR count). The summed E-state index contributed by atoms with van der Waals surface area (Å²) < 4.78 is 41.0. The van der Waals surface area contributed by atoms with E-state index >= 15 is 0 Å². The maximum atomic E-state index is 12.1. The molecule has 2 nitrogen and oxygen atoms in total. The van der Waals surface area contributed by atoms with Crippen LogP contribution in [-0.4, -0.2) is 18.8 Å². The van der Waals surface area contributed by atoms with E-state index in [-0.39, 0.29) is 0 Å². The predicted octanol–water partition coefficient (Wildman–Crippen LogP) is 3.11. The van der Waals surface area contributed by atoms with Crippen LogP contribution in [0.1, 0.15) is 25.0 Å². The van der Waals surface area contributed by atoms with E-state index in [1.54, 1.807) is 16.8 Å². The van der Waals surface area contributed by atoms with Crippen LogP contribution in [0.15, 0.2) is 16.8 Å². The SMILES string of the molecule is CCC(N)C(OCC(F)(F)F)c1ccsc1. The molecule has 1 aromatic rings. The van der Waals surface area contributed by atoms with Crippen LogP contribution in [0.5, 0.6) is 0 Å². The van der Waals surface area contributed by atoms with Crippen molar-refractivity contribution in [1.82, 2.24) is 0 Å². The zero-order chi connectivity index (χ0) is 12.2. The van der Waals surface area contributed by atoms with Gasteiger partial charge in [0.1, 0.15) is 6.61 Å². The number of thiophene rings is 1. The van der Waals surface area contributed by atoms with E-state index in [1.807, 2.05) is 6.92 Å². The van der Waals surface area contributed by atoms with E-state index in [9.17, 15) is 13.2 Å². The molecule has 0 saturated carbocycles. The van der Waals surface area contributed by atoms with E-state index in [0.29, 0.717) is 12.0 Å². The third-order valence-electron chi connectivity index (χ3n) is 2.16. The van der Waals surface area contributed by atoms with Gasteiger partial charge in [0.15, 0.2) is 0 Å². The Hall–Kier alpha value is -0.590. The fourth-order valence-corrected chi connectivity index (χ4v) is 1.99. The van der Waals surface area contributed by atoms with Crippen molar-refractivity contribution in [3.8, 4) is 0 Å². The van der Waals surface area contributed by atoms with Gasteiger partial charge in [0.2, 0.25) is 0 Å². The van der Waals surface area contributed by atoms with E-state index < -0.39 is 24.9 Å². The van der Waals surface area contributed by atoms with Crippen molar-refractivity contribution in [2.75, 3.05) is 6.61 Å². The average molecular weight is 253 g/mol. The van der Waals surface area contributed by atoms with Crippen molar-refractivity contribution in [3.05, 3.63) is 22.4 Å². The second-order valence-electron chi connectivity index (χ2n) is 3.48. The van der Waals surface area contributed by atoms with E-state index in [4.69, 9.17) is 10.5 Å². The first-order valence-electron chi connectivity index (χ1n) is 4.90. The van der Waals surface area contributed by atoms with Gasteiger partial charge in [-0.2, -0.15) is 24.5 Å². The lowest BCUT2D eigenvalue weighted by Crippen LogP contribution is -2.32. The van der Waals surface area contributed by atoms with Crippen LogP contribution >= 0.6 is 11.3 Å². The second kappa shape index (κ2) is 5.65. The number of halogens is 3. The zero-order valence-corrected chi connectivity index (χ0v) is 9.65. The second-order valence-corrected chi connectivity index (χ2v) is 4.26. The normalized spacial score (nSPS) is 16.1. The summed E-state index contributed by atoms with van der Waals surface area (Å²) in [5, 5.41) is 3.55. The first-order chi connectivity index (χ1) is 7.44. The van der Waals surface area contributed by atoms with Crippen molar-refractivity contribution in [3.63, 3.8) is 0 Å². The Bertz CT molecular complexity index is 300. The summed E-state index contributed by atoms with van der Waals surface area (Å²) in [6.45, 7) is 0.558. The van der Waals surface area contributed by atoms with Gasteiger partial charge in [-0.15, -0.1) is 0 Å². The van der Waals surface area contributed by atoms with Crippen LogP contribution in [0.2, 0.25) is 0 Å². The smallest absolute Gasteiger partial charge is 0.362 e. The molecule has 0 radical (unpaired) electrons. The van der Waals surface area contributed by atoms with Gasteiger partial charge in [0.25, 0.3) is 0 Å². The highest BCUT2D eigenvalue weighted by molar-refractivity contribution is 7.07. The van der Waals surface area contributed by atoms with Crippen molar-refractivity contribution >= 4 is 11.3 Å². The highest BCUT2D eigenvalue weighted by Gasteiger charge is 2.31. The Labute approximate surface area is 96.2 Å². The van der Waals surface area contributed by atoms with Gasteiger partial charge in [-0.1, -0.05) is 6.92 Å². The predicted molar refractivity (Wildman–Crippen MR) is 57.3 cm³/mol. The number of nitrogens with two attached hydrogens (primary N) is 1. The molecule has 6 heteroatoms. The monoisotopic (exact) mass is 253 g/mol.